The van der Waals surface area contributed by atoms with Crippen molar-refractivity contribution in [3.63, 3.8) is 0 Å². The van der Waals surface area contributed by atoms with Crippen LogP contribution in [0.4, 0.5) is 0 Å². The van der Waals surface area contributed by atoms with Gasteiger partial charge in [0.15, 0.2) is 0 Å². The molecule has 1 aromatic carbocycles. The van der Waals surface area contributed by atoms with Crippen LogP contribution in [-0.4, -0.2) is 50.1 Å². The van der Waals surface area contributed by atoms with E-state index in [9.17, 15) is 18.7 Å². The zero-order valence-corrected chi connectivity index (χ0v) is 21.1. The molecule has 1 aromatic heterocycles. The molecule has 2 aliphatic rings. The van der Waals surface area contributed by atoms with Crippen molar-refractivity contribution < 1.29 is 18.6 Å². The Morgan fingerprint density at radius 1 is 1.27 bits per heavy atom. The van der Waals surface area contributed by atoms with Crippen LogP contribution in [0.25, 0.3) is 0 Å². The molecule has 3 heterocycles. The lowest BCUT2D eigenvalue weighted by Crippen LogP contribution is -2.39. The predicted molar refractivity (Wildman–Crippen MR) is 132 cm³/mol. The largest absolute Gasteiger partial charge is 0.376 e. The van der Waals surface area contributed by atoms with Gasteiger partial charge in [-0.15, -0.1) is 0 Å². The van der Waals surface area contributed by atoms with Crippen LogP contribution in [0, 0.1) is 19.8 Å². The van der Waals surface area contributed by atoms with Gasteiger partial charge >= 0.3 is 0 Å². The summed E-state index contributed by atoms with van der Waals surface area (Å²) in [5.74, 6) is 0.127. The van der Waals surface area contributed by atoms with Gasteiger partial charge in [-0.25, -0.2) is 0 Å². The Hall–Kier alpha value is -1.55. The SMILES string of the molecule is COC(c1cc(Cl)c2c(c1Cl)C(=O)N(Cc1c(C)cc(C)[nH]c1=O)CC2)C1CCS(O)(O)C1. The summed E-state index contributed by atoms with van der Waals surface area (Å²) in [6.45, 7) is 4.27. The van der Waals surface area contributed by atoms with Crippen molar-refractivity contribution in [3.8, 4) is 0 Å². The van der Waals surface area contributed by atoms with Gasteiger partial charge in [-0.3, -0.25) is 18.7 Å². The number of pyridine rings is 1. The van der Waals surface area contributed by atoms with E-state index in [0.29, 0.717) is 52.4 Å². The van der Waals surface area contributed by atoms with Crippen LogP contribution >= 0.6 is 33.8 Å². The van der Waals surface area contributed by atoms with E-state index in [1.54, 1.807) is 18.1 Å². The highest BCUT2D eigenvalue weighted by Crippen LogP contribution is 2.53. The first kappa shape index (κ1) is 24.6. The summed E-state index contributed by atoms with van der Waals surface area (Å²) < 4.78 is 25.9. The number of amides is 1. The van der Waals surface area contributed by atoms with Crippen molar-refractivity contribution in [1.29, 1.82) is 0 Å². The zero-order chi connectivity index (χ0) is 24.1. The summed E-state index contributed by atoms with van der Waals surface area (Å²) in [5.41, 5.74) is 3.53. The molecule has 33 heavy (non-hydrogen) atoms. The Balaban J connectivity index is 1.70. The van der Waals surface area contributed by atoms with Crippen LogP contribution in [0.15, 0.2) is 16.9 Å². The molecule has 4 rings (SSSR count). The fraction of sp³-hybridized carbons (Fsp3) is 0.478. The number of methoxy groups -OCH3 is 1. The highest BCUT2D eigenvalue weighted by Gasteiger charge is 2.38. The number of benzene rings is 1. The molecule has 1 saturated heterocycles. The van der Waals surface area contributed by atoms with E-state index in [4.69, 9.17) is 27.9 Å². The number of carbonyl (C=O) groups is 1. The fourth-order valence-corrected chi connectivity index (χ4v) is 7.48. The Morgan fingerprint density at radius 3 is 2.61 bits per heavy atom. The topological polar surface area (TPSA) is 103 Å². The summed E-state index contributed by atoms with van der Waals surface area (Å²) in [6, 6.07) is 3.62. The molecular formula is C23H28Cl2N2O5S. The molecule has 3 N–H and O–H groups in total. The van der Waals surface area contributed by atoms with Crippen molar-refractivity contribution in [2.75, 3.05) is 25.2 Å². The molecule has 1 fully saturated rings. The van der Waals surface area contributed by atoms with Crippen LogP contribution < -0.4 is 5.56 Å². The van der Waals surface area contributed by atoms with Crippen molar-refractivity contribution in [2.24, 2.45) is 5.92 Å². The van der Waals surface area contributed by atoms with E-state index in [1.807, 2.05) is 19.9 Å². The summed E-state index contributed by atoms with van der Waals surface area (Å²) >= 11 is 13.4. The molecule has 0 aliphatic carbocycles. The Labute approximate surface area is 204 Å². The zero-order valence-electron chi connectivity index (χ0n) is 18.8. The van der Waals surface area contributed by atoms with E-state index in [0.717, 1.165) is 11.3 Å². The van der Waals surface area contributed by atoms with Gasteiger partial charge in [-0.1, -0.05) is 23.2 Å². The Morgan fingerprint density at radius 2 is 2.00 bits per heavy atom. The van der Waals surface area contributed by atoms with Crippen LogP contribution in [0.3, 0.4) is 0 Å². The number of hydrogen-bond acceptors (Lipinski definition) is 5. The monoisotopic (exact) mass is 514 g/mol. The van der Waals surface area contributed by atoms with E-state index < -0.39 is 16.7 Å². The number of rotatable bonds is 5. The number of halogens is 2. The standard InChI is InChI=1S/C23H28Cl2N2O5S/c1-12-8-13(2)26-22(28)17(12)10-27-6-4-15-18(24)9-16(20(25)19(15)23(27)29)21(32-3)14-5-7-33(30,31)11-14/h8-9,14,21,30-31H,4-7,10-11H2,1-3H3,(H,26,28). The molecule has 1 amide bonds. The number of fused-ring (bicyclic) bond motifs is 1. The molecule has 180 valence electrons. The second-order valence-electron chi connectivity index (χ2n) is 8.91. The van der Waals surface area contributed by atoms with Gasteiger partial charge in [0.1, 0.15) is 0 Å². The smallest absolute Gasteiger partial charge is 0.256 e. The third-order valence-corrected chi connectivity index (χ3v) is 9.20. The number of H-pyrrole nitrogens is 1. The maximum Gasteiger partial charge on any atom is 0.256 e. The number of aromatic nitrogens is 1. The molecule has 0 bridgehead atoms. The van der Waals surface area contributed by atoms with Crippen molar-refractivity contribution in [3.05, 3.63) is 66.0 Å². The van der Waals surface area contributed by atoms with E-state index in [1.165, 1.54) is 0 Å². The van der Waals surface area contributed by atoms with Crippen LogP contribution in [0.5, 0.6) is 0 Å². The molecule has 2 aromatic rings. The minimum Gasteiger partial charge on any atom is -0.376 e. The number of hydrogen-bond donors (Lipinski definition) is 3. The molecule has 2 unspecified atom stereocenters. The first-order chi connectivity index (χ1) is 15.5. The normalized spacial score (nSPS) is 21.7. The van der Waals surface area contributed by atoms with Crippen molar-refractivity contribution >= 4 is 39.7 Å². The molecule has 2 aliphatic heterocycles. The molecule has 0 spiro atoms. The third kappa shape index (κ3) is 4.70. The molecule has 0 saturated carbocycles. The summed E-state index contributed by atoms with van der Waals surface area (Å²) in [6.07, 6.45) is 0.588. The van der Waals surface area contributed by atoms with Gasteiger partial charge in [-0.2, -0.15) is 10.6 Å². The lowest BCUT2D eigenvalue weighted by Gasteiger charge is -2.32. The van der Waals surface area contributed by atoms with Crippen molar-refractivity contribution in [1.82, 2.24) is 9.88 Å². The van der Waals surface area contributed by atoms with Gasteiger partial charge in [0.05, 0.1) is 23.2 Å². The molecule has 2 atom stereocenters. The van der Waals surface area contributed by atoms with Gasteiger partial charge in [-0.05, 0) is 49.9 Å². The van der Waals surface area contributed by atoms with Crippen LogP contribution in [0.2, 0.25) is 10.0 Å². The highest BCUT2D eigenvalue weighted by atomic mass is 35.5. The van der Waals surface area contributed by atoms with Gasteiger partial charge in [0, 0.05) is 52.9 Å². The van der Waals surface area contributed by atoms with E-state index >= 15 is 0 Å². The Bertz CT molecular complexity index is 1170. The molecule has 0 radical (unpaired) electrons. The summed E-state index contributed by atoms with van der Waals surface area (Å²) in [5, 5.41) is 0.710. The number of aryl methyl sites for hydroxylation is 2. The van der Waals surface area contributed by atoms with Gasteiger partial charge in [0.25, 0.3) is 11.5 Å². The molecule has 7 nitrogen and oxygen atoms in total. The van der Waals surface area contributed by atoms with Gasteiger partial charge in [0.2, 0.25) is 0 Å². The lowest BCUT2D eigenvalue weighted by molar-refractivity contribution is 0.0599. The van der Waals surface area contributed by atoms with Crippen LogP contribution in [0.1, 0.15) is 50.8 Å². The third-order valence-electron chi connectivity index (χ3n) is 6.61. The quantitative estimate of drug-likeness (QED) is 0.523. The Kier molecular flexibility index (Phi) is 6.88. The number of ether oxygens (including phenoxy) is 1. The maximum atomic E-state index is 13.5. The average Bonchev–Trinajstić information content (AvgIpc) is 3.09. The maximum absolute atomic E-state index is 13.5. The summed E-state index contributed by atoms with van der Waals surface area (Å²) in [7, 11) is -1.09. The predicted octanol–water partition coefficient (Wildman–Crippen LogP) is 4.96. The van der Waals surface area contributed by atoms with E-state index in [2.05, 4.69) is 4.98 Å². The minimum atomic E-state index is -2.63. The lowest BCUT2D eigenvalue weighted by atomic mass is 9.89. The number of aromatic amines is 1. The first-order valence-corrected chi connectivity index (χ1v) is 13.4. The summed E-state index contributed by atoms with van der Waals surface area (Å²) in [4.78, 5) is 30.4. The molecular weight excluding hydrogens is 487 g/mol. The second-order valence-corrected chi connectivity index (χ2v) is 12.0. The number of carbonyl (C=O) groups excluding carboxylic acids is 1. The van der Waals surface area contributed by atoms with Crippen LogP contribution in [-0.2, 0) is 17.7 Å². The second kappa shape index (κ2) is 9.24. The number of nitrogens with zero attached hydrogens (tertiary/aromatic N) is 1. The first-order valence-electron chi connectivity index (χ1n) is 10.8. The highest BCUT2D eigenvalue weighted by molar-refractivity contribution is 8.24. The average molecular weight is 515 g/mol. The van der Waals surface area contributed by atoms with Gasteiger partial charge < -0.3 is 14.6 Å². The van der Waals surface area contributed by atoms with Crippen molar-refractivity contribution in [2.45, 2.75) is 39.3 Å². The fourth-order valence-electron chi connectivity index (χ4n) is 4.95. The number of nitrogens with one attached hydrogen (secondary N) is 1. The van der Waals surface area contributed by atoms with E-state index in [-0.39, 0.29) is 34.7 Å². The molecule has 10 heteroatoms. The minimum absolute atomic E-state index is 0.143.